The van der Waals surface area contributed by atoms with Gasteiger partial charge in [-0.15, -0.1) is 11.6 Å². The summed E-state index contributed by atoms with van der Waals surface area (Å²) in [6.45, 7) is 12.4. The number of aromatic nitrogens is 2. The molecule has 0 saturated heterocycles. The van der Waals surface area contributed by atoms with E-state index in [0.717, 1.165) is 29.8 Å². The Morgan fingerprint density at radius 2 is 1.87 bits per heavy atom. The van der Waals surface area contributed by atoms with Crippen LogP contribution in [0.4, 0.5) is 5.82 Å². The van der Waals surface area contributed by atoms with E-state index in [-0.39, 0.29) is 23.8 Å². The van der Waals surface area contributed by atoms with Gasteiger partial charge in [-0.05, 0) is 32.4 Å². The molecule has 0 saturated carbocycles. The van der Waals surface area contributed by atoms with Crippen LogP contribution >= 0.6 is 11.6 Å². The molecule has 0 aliphatic rings. The van der Waals surface area contributed by atoms with Gasteiger partial charge in [0.25, 0.3) is 0 Å². The monoisotopic (exact) mass is 432 g/mol. The summed E-state index contributed by atoms with van der Waals surface area (Å²) in [5.41, 5.74) is 2.70. The van der Waals surface area contributed by atoms with E-state index in [0.29, 0.717) is 12.4 Å². The Morgan fingerprint density at radius 3 is 2.40 bits per heavy atom. The Hall–Kier alpha value is -2.34. The Morgan fingerprint density at radius 1 is 1.23 bits per heavy atom. The zero-order chi connectivity index (χ0) is 22.5. The van der Waals surface area contributed by atoms with E-state index in [9.17, 15) is 9.59 Å². The van der Waals surface area contributed by atoms with Crippen molar-refractivity contribution in [2.24, 2.45) is 0 Å². The van der Waals surface area contributed by atoms with Gasteiger partial charge in [0.15, 0.2) is 0 Å². The second-order valence-corrected chi connectivity index (χ2v) is 9.34. The van der Waals surface area contributed by atoms with Crippen LogP contribution in [-0.2, 0) is 15.0 Å². The number of anilines is 1. The largest absolute Gasteiger partial charge is 0.332 e. The molecule has 0 fully saturated rings. The van der Waals surface area contributed by atoms with Gasteiger partial charge in [0.05, 0.1) is 17.9 Å². The lowest BCUT2D eigenvalue weighted by atomic mass is 9.92. The smallest absolute Gasteiger partial charge is 0.245 e. The zero-order valence-corrected chi connectivity index (χ0v) is 19.6. The fourth-order valence-electron chi connectivity index (χ4n) is 2.94. The van der Waals surface area contributed by atoms with Crippen molar-refractivity contribution in [1.29, 1.82) is 0 Å². The van der Waals surface area contributed by atoms with E-state index < -0.39 is 5.38 Å². The van der Waals surface area contributed by atoms with Gasteiger partial charge in [0.1, 0.15) is 11.2 Å². The number of aryl methyl sites for hydroxylation is 1. The highest BCUT2D eigenvalue weighted by Crippen LogP contribution is 2.26. The molecule has 0 aliphatic heterocycles. The van der Waals surface area contributed by atoms with Crippen molar-refractivity contribution < 1.29 is 9.59 Å². The van der Waals surface area contributed by atoms with Crippen LogP contribution in [0.15, 0.2) is 30.3 Å². The number of nitrogens with zero attached hydrogens (tertiary/aromatic N) is 3. The molecule has 1 atom stereocenters. The first-order chi connectivity index (χ1) is 14.0. The van der Waals surface area contributed by atoms with Gasteiger partial charge in [-0.25, -0.2) is 4.68 Å². The van der Waals surface area contributed by atoms with Crippen LogP contribution in [0.2, 0.25) is 0 Å². The molecule has 2 amide bonds. The molecular formula is C23H33ClN4O2. The van der Waals surface area contributed by atoms with E-state index in [2.05, 4.69) is 26.1 Å². The first-order valence-corrected chi connectivity index (χ1v) is 10.9. The molecular weight excluding hydrogens is 400 g/mol. The average molecular weight is 433 g/mol. The van der Waals surface area contributed by atoms with Crippen LogP contribution in [0, 0.1) is 6.92 Å². The summed E-state index contributed by atoms with van der Waals surface area (Å²) >= 11 is 5.98. The van der Waals surface area contributed by atoms with Gasteiger partial charge in [0, 0.05) is 18.0 Å². The maximum atomic E-state index is 12.8. The summed E-state index contributed by atoms with van der Waals surface area (Å²) in [5.74, 6) is 0.0729. The fraction of sp³-hybridized carbons (Fsp3) is 0.522. The third kappa shape index (κ3) is 6.33. The Labute approximate surface area is 184 Å². The number of carbonyl (C=O) groups is 2. The van der Waals surface area contributed by atoms with Gasteiger partial charge in [-0.1, -0.05) is 51.8 Å². The minimum absolute atomic E-state index is 0.0418. The first kappa shape index (κ1) is 23.9. The second kappa shape index (κ2) is 10.1. The van der Waals surface area contributed by atoms with Crippen LogP contribution in [0.3, 0.4) is 0 Å². The molecule has 1 N–H and O–H groups in total. The minimum Gasteiger partial charge on any atom is -0.332 e. The maximum Gasteiger partial charge on any atom is 0.245 e. The van der Waals surface area contributed by atoms with Crippen LogP contribution in [0.1, 0.15) is 58.7 Å². The third-order valence-corrected chi connectivity index (χ3v) is 4.98. The summed E-state index contributed by atoms with van der Waals surface area (Å²) in [6.07, 6.45) is 1.75. The second-order valence-electron chi connectivity index (χ2n) is 8.69. The highest BCUT2D eigenvalue weighted by molar-refractivity contribution is 6.30. The highest BCUT2D eigenvalue weighted by Gasteiger charge is 2.24. The summed E-state index contributed by atoms with van der Waals surface area (Å²) in [6, 6.07) is 9.84. The number of unbranched alkanes of at least 4 members (excludes halogenated alkanes) is 1. The molecule has 0 spiro atoms. The SMILES string of the molecule is CCCCN(CC(=O)Nc1cc(C(C)(C)C)nn1-c1ccc(C)cc1)C(=O)[C@H](C)Cl. The number of hydrogen-bond acceptors (Lipinski definition) is 3. The maximum absolute atomic E-state index is 12.8. The lowest BCUT2D eigenvalue weighted by Crippen LogP contribution is -2.41. The lowest BCUT2D eigenvalue weighted by Gasteiger charge is -2.23. The predicted molar refractivity (Wildman–Crippen MR) is 122 cm³/mol. The summed E-state index contributed by atoms with van der Waals surface area (Å²) in [7, 11) is 0. The number of alkyl halides is 1. The normalized spacial score (nSPS) is 12.5. The fourth-order valence-corrected chi connectivity index (χ4v) is 3.08. The predicted octanol–water partition coefficient (Wildman–Crippen LogP) is 4.67. The standard InChI is InChI=1S/C23H33ClN4O2/c1-7-8-13-27(22(30)17(3)24)15-21(29)25-20-14-19(23(4,5)6)26-28(20)18-11-9-16(2)10-12-18/h9-12,14,17H,7-8,13,15H2,1-6H3,(H,25,29)/t17-/m0/s1. The van der Waals surface area contributed by atoms with Crippen LogP contribution in [0.5, 0.6) is 0 Å². The van der Waals surface area contributed by atoms with Crippen molar-refractivity contribution in [2.45, 2.75) is 65.2 Å². The molecule has 30 heavy (non-hydrogen) atoms. The molecule has 6 nitrogen and oxygen atoms in total. The third-order valence-electron chi connectivity index (χ3n) is 4.79. The van der Waals surface area contributed by atoms with Gasteiger partial charge in [-0.2, -0.15) is 5.10 Å². The van der Waals surface area contributed by atoms with Gasteiger partial charge in [-0.3, -0.25) is 9.59 Å². The summed E-state index contributed by atoms with van der Waals surface area (Å²) < 4.78 is 1.74. The average Bonchev–Trinajstić information content (AvgIpc) is 3.09. The molecule has 7 heteroatoms. The number of benzene rings is 1. The van der Waals surface area contributed by atoms with Crippen molar-refractivity contribution >= 4 is 29.2 Å². The number of amides is 2. The number of carbonyl (C=O) groups excluding carboxylic acids is 2. The van der Waals surface area contributed by atoms with E-state index in [1.165, 1.54) is 4.90 Å². The molecule has 0 aliphatic carbocycles. The Kier molecular flexibility index (Phi) is 8.07. The van der Waals surface area contributed by atoms with Crippen LogP contribution in [-0.4, -0.2) is 45.0 Å². The summed E-state index contributed by atoms with van der Waals surface area (Å²) in [5, 5.41) is 7.00. The minimum atomic E-state index is -0.666. The van der Waals surface area contributed by atoms with E-state index >= 15 is 0 Å². The van der Waals surface area contributed by atoms with Crippen LogP contribution in [0.25, 0.3) is 5.69 Å². The van der Waals surface area contributed by atoms with Gasteiger partial charge in [0.2, 0.25) is 11.8 Å². The highest BCUT2D eigenvalue weighted by atomic mass is 35.5. The Balaban J connectivity index is 2.28. The van der Waals surface area contributed by atoms with Gasteiger partial charge < -0.3 is 10.2 Å². The van der Waals surface area contributed by atoms with Crippen molar-refractivity contribution in [3.63, 3.8) is 0 Å². The first-order valence-electron chi connectivity index (χ1n) is 10.4. The summed E-state index contributed by atoms with van der Waals surface area (Å²) in [4.78, 5) is 26.7. The topological polar surface area (TPSA) is 67.2 Å². The lowest BCUT2D eigenvalue weighted by molar-refractivity contribution is -0.134. The molecule has 0 unspecified atom stereocenters. The molecule has 164 valence electrons. The van der Waals surface area contributed by atoms with Gasteiger partial charge >= 0.3 is 0 Å². The molecule has 2 aromatic rings. The number of nitrogens with one attached hydrogen (secondary N) is 1. The number of hydrogen-bond donors (Lipinski definition) is 1. The molecule has 0 bridgehead atoms. The molecule has 1 aromatic heterocycles. The van der Waals surface area contributed by atoms with Crippen molar-refractivity contribution in [3.8, 4) is 5.69 Å². The van der Waals surface area contributed by atoms with Crippen molar-refractivity contribution in [2.75, 3.05) is 18.4 Å². The van der Waals surface area contributed by atoms with Crippen molar-refractivity contribution in [3.05, 3.63) is 41.6 Å². The number of halogens is 1. The Bertz CT molecular complexity index is 866. The van der Waals surface area contributed by atoms with E-state index in [1.807, 2.05) is 44.2 Å². The zero-order valence-electron chi connectivity index (χ0n) is 18.8. The molecule has 1 heterocycles. The van der Waals surface area contributed by atoms with Crippen molar-refractivity contribution in [1.82, 2.24) is 14.7 Å². The van der Waals surface area contributed by atoms with E-state index in [1.54, 1.807) is 11.6 Å². The quantitative estimate of drug-likeness (QED) is 0.616. The van der Waals surface area contributed by atoms with Crippen LogP contribution < -0.4 is 5.32 Å². The molecule has 2 rings (SSSR count). The molecule has 1 aromatic carbocycles. The molecule has 0 radical (unpaired) electrons. The van der Waals surface area contributed by atoms with E-state index in [4.69, 9.17) is 16.7 Å². The number of rotatable bonds is 8.